The summed E-state index contributed by atoms with van der Waals surface area (Å²) in [5.41, 5.74) is 13.7. The molecular formula is C10H11N5. The minimum Gasteiger partial charge on any atom is -0.383 e. The van der Waals surface area contributed by atoms with Crippen LogP contribution in [0.3, 0.4) is 0 Å². The molecule has 0 spiro atoms. The summed E-state index contributed by atoms with van der Waals surface area (Å²) in [6.45, 7) is 1.92. The van der Waals surface area contributed by atoms with Gasteiger partial charge in [-0.1, -0.05) is 6.07 Å². The number of hydrogen-bond acceptors (Lipinski definition) is 5. The van der Waals surface area contributed by atoms with E-state index in [0.717, 1.165) is 16.8 Å². The number of nitrogens with zero attached hydrogens (tertiary/aromatic N) is 3. The fraction of sp³-hybridized carbons (Fsp3) is 0.100. The third-order valence-electron chi connectivity index (χ3n) is 2.06. The summed E-state index contributed by atoms with van der Waals surface area (Å²) < 4.78 is 0. The Morgan fingerprint density at radius 2 is 1.87 bits per heavy atom. The molecule has 2 aromatic heterocycles. The number of nitrogens with two attached hydrogens (primary N) is 2. The van der Waals surface area contributed by atoms with E-state index in [-0.39, 0.29) is 5.95 Å². The first kappa shape index (κ1) is 9.39. The number of hydrogen-bond donors (Lipinski definition) is 2. The predicted octanol–water partition coefficient (Wildman–Crippen LogP) is 1.01. The second-order valence-corrected chi connectivity index (χ2v) is 3.22. The topological polar surface area (TPSA) is 90.7 Å². The van der Waals surface area contributed by atoms with E-state index in [2.05, 4.69) is 15.0 Å². The van der Waals surface area contributed by atoms with Gasteiger partial charge >= 0.3 is 0 Å². The van der Waals surface area contributed by atoms with Crippen LogP contribution >= 0.6 is 0 Å². The van der Waals surface area contributed by atoms with Crippen LogP contribution in [0.1, 0.15) is 5.69 Å². The van der Waals surface area contributed by atoms with E-state index in [0.29, 0.717) is 5.82 Å². The van der Waals surface area contributed by atoms with Gasteiger partial charge in [0.2, 0.25) is 5.95 Å². The van der Waals surface area contributed by atoms with Crippen molar-refractivity contribution >= 4 is 11.8 Å². The van der Waals surface area contributed by atoms with Gasteiger partial charge < -0.3 is 11.5 Å². The van der Waals surface area contributed by atoms with Gasteiger partial charge in [-0.3, -0.25) is 4.98 Å². The Hall–Kier alpha value is -2.17. The first-order valence-corrected chi connectivity index (χ1v) is 4.48. The molecular weight excluding hydrogens is 190 g/mol. The predicted molar refractivity (Wildman–Crippen MR) is 58.8 cm³/mol. The maximum atomic E-state index is 5.73. The number of aryl methyl sites for hydroxylation is 1. The van der Waals surface area contributed by atoms with Gasteiger partial charge in [-0.05, 0) is 13.0 Å². The van der Waals surface area contributed by atoms with Crippen LogP contribution in [0.2, 0.25) is 0 Å². The molecule has 0 aliphatic rings. The molecule has 0 saturated heterocycles. The van der Waals surface area contributed by atoms with Crippen LogP contribution in [0.4, 0.5) is 11.8 Å². The number of nitrogen functional groups attached to an aromatic ring is 2. The van der Waals surface area contributed by atoms with E-state index < -0.39 is 0 Å². The molecule has 0 atom stereocenters. The Labute approximate surface area is 87.2 Å². The quantitative estimate of drug-likeness (QED) is 0.718. The molecule has 76 valence electrons. The minimum absolute atomic E-state index is 0.177. The van der Waals surface area contributed by atoms with Crippen LogP contribution in [0.15, 0.2) is 24.5 Å². The molecule has 2 rings (SSSR count). The average molecular weight is 201 g/mol. The van der Waals surface area contributed by atoms with Gasteiger partial charge in [0.25, 0.3) is 0 Å². The summed E-state index contributed by atoms with van der Waals surface area (Å²) in [4.78, 5) is 12.0. The van der Waals surface area contributed by atoms with E-state index in [9.17, 15) is 0 Å². The zero-order valence-electron chi connectivity index (χ0n) is 8.31. The fourth-order valence-electron chi connectivity index (χ4n) is 1.26. The zero-order valence-corrected chi connectivity index (χ0v) is 8.31. The van der Waals surface area contributed by atoms with Crippen molar-refractivity contribution in [2.45, 2.75) is 6.92 Å². The maximum absolute atomic E-state index is 5.73. The highest BCUT2D eigenvalue weighted by molar-refractivity contribution is 5.72. The zero-order chi connectivity index (χ0) is 10.8. The van der Waals surface area contributed by atoms with Gasteiger partial charge in [0.05, 0.1) is 0 Å². The fourth-order valence-corrected chi connectivity index (χ4v) is 1.26. The van der Waals surface area contributed by atoms with Gasteiger partial charge in [-0.25, -0.2) is 4.98 Å². The van der Waals surface area contributed by atoms with Gasteiger partial charge in [-0.2, -0.15) is 4.98 Å². The van der Waals surface area contributed by atoms with E-state index >= 15 is 0 Å². The molecule has 0 aliphatic heterocycles. The first-order chi connectivity index (χ1) is 7.16. The number of aromatic nitrogens is 3. The third-order valence-corrected chi connectivity index (χ3v) is 2.06. The molecule has 0 aromatic carbocycles. The van der Waals surface area contributed by atoms with Crippen LogP contribution in [0.5, 0.6) is 0 Å². The summed E-state index contributed by atoms with van der Waals surface area (Å²) in [5.74, 6) is 0.546. The van der Waals surface area contributed by atoms with Crippen molar-refractivity contribution in [3.8, 4) is 11.1 Å². The molecule has 2 aromatic rings. The van der Waals surface area contributed by atoms with Crippen molar-refractivity contribution in [3.63, 3.8) is 0 Å². The summed E-state index contributed by atoms with van der Waals surface area (Å²) in [7, 11) is 0. The van der Waals surface area contributed by atoms with Gasteiger partial charge in [0, 0.05) is 29.2 Å². The molecule has 5 nitrogen and oxygen atoms in total. The van der Waals surface area contributed by atoms with Crippen molar-refractivity contribution in [1.82, 2.24) is 15.0 Å². The molecule has 0 bridgehead atoms. The maximum Gasteiger partial charge on any atom is 0.221 e. The molecule has 4 N–H and O–H groups in total. The Kier molecular flexibility index (Phi) is 2.21. The molecule has 0 aliphatic carbocycles. The lowest BCUT2D eigenvalue weighted by Crippen LogP contribution is -2.01. The highest BCUT2D eigenvalue weighted by atomic mass is 15.0. The van der Waals surface area contributed by atoms with Gasteiger partial charge in [-0.15, -0.1) is 0 Å². The molecule has 0 saturated carbocycles. The Balaban J connectivity index is 2.49. The number of pyridine rings is 1. The lowest BCUT2D eigenvalue weighted by Gasteiger charge is -2.04. The second kappa shape index (κ2) is 3.53. The van der Waals surface area contributed by atoms with Crippen molar-refractivity contribution in [2.75, 3.05) is 11.5 Å². The molecule has 15 heavy (non-hydrogen) atoms. The SMILES string of the molecule is Cc1ccc(-c2cnc(N)nc2N)cn1. The minimum atomic E-state index is 0.177. The summed E-state index contributed by atoms with van der Waals surface area (Å²) in [6, 6.07) is 3.83. The van der Waals surface area contributed by atoms with Gasteiger partial charge in [0.15, 0.2) is 0 Å². The smallest absolute Gasteiger partial charge is 0.221 e. The monoisotopic (exact) mass is 201 g/mol. The molecule has 2 heterocycles. The highest BCUT2D eigenvalue weighted by Gasteiger charge is 2.05. The molecule has 0 unspecified atom stereocenters. The van der Waals surface area contributed by atoms with E-state index in [1.807, 2.05) is 19.1 Å². The van der Waals surface area contributed by atoms with Crippen molar-refractivity contribution in [2.24, 2.45) is 0 Å². The van der Waals surface area contributed by atoms with E-state index in [1.54, 1.807) is 12.4 Å². The van der Waals surface area contributed by atoms with Gasteiger partial charge in [0.1, 0.15) is 5.82 Å². The molecule has 0 fully saturated rings. The second-order valence-electron chi connectivity index (χ2n) is 3.22. The normalized spacial score (nSPS) is 10.2. The van der Waals surface area contributed by atoms with E-state index in [4.69, 9.17) is 11.5 Å². The number of rotatable bonds is 1. The lowest BCUT2D eigenvalue weighted by atomic mass is 10.1. The molecule has 0 amide bonds. The largest absolute Gasteiger partial charge is 0.383 e. The Bertz CT molecular complexity index is 478. The summed E-state index contributed by atoms with van der Waals surface area (Å²) >= 11 is 0. The van der Waals surface area contributed by atoms with Crippen LogP contribution in [-0.4, -0.2) is 15.0 Å². The Morgan fingerprint density at radius 1 is 1.07 bits per heavy atom. The standard InChI is InChI=1S/C10H11N5/c1-6-2-3-7(4-13-6)8-5-14-10(12)15-9(8)11/h2-5H,1H3,(H4,11,12,14,15). The first-order valence-electron chi connectivity index (χ1n) is 4.48. The van der Waals surface area contributed by atoms with Crippen molar-refractivity contribution < 1.29 is 0 Å². The van der Waals surface area contributed by atoms with Crippen molar-refractivity contribution in [3.05, 3.63) is 30.2 Å². The van der Waals surface area contributed by atoms with Crippen LogP contribution in [0.25, 0.3) is 11.1 Å². The third kappa shape index (κ3) is 1.85. The van der Waals surface area contributed by atoms with Crippen LogP contribution in [0, 0.1) is 6.92 Å². The average Bonchev–Trinajstić information content (AvgIpc) is 2.20. The van der Waals surface area contributed by atoms with Crippen LogP contribution < -0.4 is 11.5 Å². The van der Waals surface area contributed by atoms with E-state index in [1.165, 1.54) is 0 Å². The Morgan fingerprint density at radius 3 is 2.47 bits per heavy atom. The summed E-state index contributed by atoms with van der Waals surface area (Å²) in [5, 5.41) is 0. The van der Waals surface area contributed by atoms with Crippen molar-refractivity contribution in [1.29, 1.82) is 0 Å². The van der Waals surface area contributed by atoms with Crippen LogP contribution in [-0.2, 0) is 0 Å². The number of anilines is 2. The molecule has 0 radical (unpaired) electrons. The molecule has 5 heteroatoms. The summed E-state index contributed by atoms with van der Waals surface area (Å²) in [6.07, 6.45) is 3.34. The highest BCUT2D eigenvalue weighted by Crippen LogP contribution is 2.22. The lowest BCUT2D eigenvalue weighted by molar-refractivity contribution is 1.18.